The predicted octanol–water partition coefficient (Wildman–Crippen LogP) is 3.40. The molecule has 4 heteroatoms. The first kappa shape index (κ1) is 14.9. The smallest absolute Gasteiger partial charge is 0.306 e. The largest absolute Gasteiger partial charge is 0.466 e. The maximum Gasteiger partial charge on any atom is 0.306 e. The fourth-order valence-corrected chi connectivity index (χ4v) is 4.21. The summed E-state index contributed by atoms with van der Waals surface area (Å²) in [6, 6.07) is 6.21. The van der Waals surface area contributed by atoms with Crippen LogP contribution in [-0.4, -0.2) is 25.7 Å². The molecule has 1 aromatic rings. The lowest BCUT2D eigenvalue weighted by Gasteiger charge is -2.35. The molecule has 0 saturated carbocycles. The Morgan fingerprint density at radius 3 is 2.90 bits per heavy atom. The van der Waals surface area contributed by atoms with Gasteiger partial charge in [-0.05, 0) is 73.9 Å². The number of fused-ring (bicyclic) bond motifs is 2. The summed E-state index contributed by atoms with van der Waals surface area (Å²) in [4.78, 5) is 11.9. The van der Waals surface area contributed by atoms with Crippen LogP contribution in [0.5, 0.6) is 0 Å². The summed E-state index contributed by atoms with van der Waals surface area (Å²) in [5.41, 5.74) is 2.89. The fourth-order valence-electron chi connectivity index (χ4n) is 4.03. The second-order valence-electron chi connectivity index (χ2n) is 6.17. The Labute approximate surface area is 131 Å². The van der Waals surface area contributed by atoms with E-state index in [2.05, 4.69) is 17.4 Å². The highest BCUT2D eigenvalue weighted by Crippen LogP contribution is 2.52. The minimum Gasteiger partial charge on any atom is -0.466 e. The van der Waals surface area contributed by atoms with Crippen molar-refractivity contribution in [2.45, 2.75) is 43.9 Å². The number of hydrogen-bond acceptors (Lipinski definition) is 3. The third-order valence-electron chi connectivity index (χ3n) is 4.94. The van der Waals surface area contributed by atoms with Crippen molar-refractivity contribution in [1.82, 2.24) is 5.32 Å². The van der Waals surface area contributed by atoms with Crippen molar-refractivity contribution in [1.29, 1.82) is 0 Å². The Bertz CT molecular complexity index is 538. The van der Waals surface area contributed by atoms with Gasteiger partial charge in [-0.2, -0.15) is 0 Å². The molecule has 2 aliphatic rings. The lowest BCUT2D eigenvalue weighted by molar-refractivity contribution is -0.143. The molecule has 1 aliphatic heterocycles. The zero-order chi connectivity index (χ0) is 14.9. The van der Waals surface area contributed by atoms with Crippen LogP contribution in [0.25, 0.3) is 0 Å². The number of esters is 1. The van der Waals surface area contributed by atoms with Gasteiger partial charge in [-0.3, -0.25) is 4.79 Å². The molecule has 1 unspecified atom stereocenters. The summed E-state index contributed by atoms with van der Waals surface area (Å²) in [7, 11) is 0. The molecule has 3 nitrogen and oxygen atoms in total. The molecule has 1 atom stereocenters. The molecular weight excluding hydrogens is 286 g/mol. The maximum absolute atomic E-state index is 11.9. The van der Waals surface area contributed by atoms with Crippen LogP contribution >= 0.6 is 11.6 Å². The normalized spacial score (nSPS) is 23.0. The van der Waals surface area contributed by atoms with E-state index in [-0.39, 0.29) is 17.3 Å². The third-order valence-corrected chi connectivity index (χ3v) is 5.18. The Balaban J connectivity index is 1.91. The minimum atomic E-state index is -0.0978. The lowest BCUT2D eigenvalue weighted by Crippen LogP contribution is -2.38. The SMILES string of the molecule is CCOC(=O)CC1CC2(CCNCC2)c2ccc(Cl)cc21. The van der Waals surface area contributed by atoms with Gasteiger partial charge in [0.05, 0.1) is 13.0 Å². The Morgan fingerprint density at radius 1 is 1.43 bits per heavy atom. The van der Waals surface area contributed by atoms with Gasteiger partial charge in [0, 0.05) is 5.02 Å². The first-order valence-electron chi connectivity index (χ1n) is 7.81. The highest BCUT2D eigenvalue weighted by molar-refractivity contribution is 6.30. The molecule has 1 heterocycles. The van der Waals surface area contributed by atoms with E-state index < -0.39 is 0 Å². The van der Waals surface area contributed by atoms with Crippen molar-refractivity contribution in [3.63, 3.8) is 0 Å². The van der Waals surface area contributed by atoms with Crippen LogP contribution < -0.4 is 5.32 Å². The number of ether oxygens (including phenoxy) is 1. The van der Waals surface area contributed by atoms with E-state index in [1.54, 1.807) is 0 Å². The van der Waals surface area contributed by atoms with Gasteiger partial charge in [-0.25, -0.2) is 0 Å². The Kier molecular flexibility index (Phi) is 4.23. The van der Waals surface area contributed by atoms with Crippen molar-refractivity contribution < 1.29 is 9.53 Å². The number of benzene rings is 1. The average Bonchev–Trinajstić information content (AvgIpc) is 2.73. The molecule has 0 radical (unpaired) electrons. The number of rotatable bonds is 3. The van der Waals surface area contributed by atoms with Gasteiger partial charge in [0.15, 0.2) is 0 Å². The first-order valence-corrected chi connectivity index (χ1v) is 8.19. The van der Waals surface area contributed by atoms with Gasteiger partial charge in [0.1, 0.15) is 0 Å². The lowest BCUT2D eigenvalue weighted by atomic mass is 9.73. The van der Waals surface area contributed by atoms with Gasteiger partial charge < -0.3 is 10.1 Å². The summed E-state index contributed by atoms with van der Waals surface area (Å²) >= 11 is 6.19. The van der Waals surface area contributed by atoms with E-state index in [1.807, 2.05) is 13.0 Å². The van der Waals surface area contributed by atoms with Crippen LogP contribution in [0.15, 0.2) is 18.2 Å². The summed E-state index contributed by atoms with van der Waals surface area (Å²) in [6.07, 6.45) is 3.79. The van der Waals surface area contributed by atoms with E-state index in [0.29, 0.717) is 13.0 Å². The third kappa shape index (κ3) is 2.82. The topological polar surface area (TPSA) is 38.3 Å². The zero-order valence-electron chi connectivity index (χ0n) is 12.5. The van der Waals surface area contributed by atoms with Gasteiger partial charge in [-0.15, -0.1) is 0 Å². The first-order chi connectivity index (χ1) is 10.1. The van der Waals surface area contributed by atoms with E-state index in [1.165, 1.54) is 11.1 Å². The van der Waals surface area contributed by atoms with Crippen LogP contribution in [0.1, 0.15) is 49.7 Å². The minimum absolute atomic E-state index is 0.0978. The molecule has 0 amide bonds. The van der Waals surface area contributed by atoms with E-state index in [4.69, 9.17) is 16.3 Å². The van der Waals surface area contributed by atoms with E-state index >= 15 is 0 Å². The monoisotopic (exact) mass is 307 g/mol. The van der Waals surface area contributed by atoms with Gasteiger partial charge in [0.25, 0.3) is 0 Å². The molecule has 0 bridgehead atoms. The number of halogens is 1. The molecule has 114 valence electrons. The highest BCUT2D eigenvalue weighted by atomic mass is 35.5. The summed E-state index contributed by atoms with van der Waals surface area (Å²) in [6.45, 7) is 4.40. The quantitative estimate of drug-likeness (QED) is 0.870. The maximum atomic E-state index is 11.9. The van der Waals surface area contributed by atoms with Crippen molar-refractivity contribution in [3.8, 4) is 0 Å². The molecule has 1 N–H and O–H groups in total. The molecule has 1 spiro atoms. The highest BCUT2D eigenvalue weighted by Gasteiger charge is 2.44. The molecule has 1 aliphatic carbocycles. The van der Waals surface area contributed by atoms with Crippen LogP contribution in [0.2, 0.25) is 5.02 Å². The summed E-state index contributed by atoms with van der Waals surface area (Å²) in [5.74, 6) is 0.148. The molecule has 21 heavy (non-hydrogen) atoms. The van der Waals surface area contributed by atoms with Crippen LogP contribution in [0.4, 0.5) is 0 Å². The van der Waals surface area contributed by atoms with Gasteiger partial charge in [0.2, 0.25) is 0 Å². The fraction of sp³-hybridized carbons (Fsp3) is 0.588. The standard InChI is InChI=1S/C17H22ClNO2/c1-2-21-16(20)9-12-11-17(5-7-19-8-6-17)15-4-3-13(18)10-14(12)15/h3-4,10,12,19H,2,5-9,11H2,1H3. The molecule has 1 fully saturated rings. The molecule has 0 aromatic heterocycles. The van der Waals surface area contributed by atoms with Gasteiger partial charge in [-0.1, -0.05) is 17.7 Å². The number of carbonyl (C=O) groups is 1. The van der Waals surface area contributed by atoms with Crippen LogP contribution in [0.3, 0.4) is 0 Å². The van der Waals surface area contributed by atoms with Crippen molar-refractivity contribution >= 4 is 17.6 Å². The average molecular weight is 308 g/mol. The van der Waals surface area contributed by atoms with E-state index in [9.17, 15) is 4.79 Å². The molecular formula is C17H22ClNO2. The van der Waals surface area contributed by atoms with Crippen molar-refractivity contribution in [3.05, 3.63) is 34.3 Å². The second kappa shape index (κ2) is 5.98. The molecule has 3 rings (SSSR count). The van der Waals surface area contributed by atoms with E-state index in [0.717, 1.165) is 37.4 Å². The number of hydrogen-bond donors (Lipinski definition) is 1. The molecule has 1 aromatic carbocycles. The van der Waals surface area contributed by atoms with Gasteiger partial charge >= 0.3 is 5.97 Å². The summed E-state index contributed by atoms with van der Waals surface area (Å²) < 4.78 is 5.14. The second-order valence-corrected chi connectivity index (χ2v) is 6.61. The van der Waals surface area contributed by atoms with Crippen molar-refractivity contribution in [2.24, 2.45) is 0 Å². The Morgan fingerprint density at radius 2 is 2.19 bits per heavy atom. The predicted molar refractivity (Wildman–Crippen MR) is 83.8 cm³/mol. The number of nitrogens with one attached hydrogen (secondary N) is 1. The number of piperidine rings is 1. The zero-order valence-corrected chi connectivity index (χ0v) is 13.2. The van der Waals surface area contributed by atoms with Crippen LogP contribution in [0, 0.1) is 0 Å². The number of carbonyl (C=O) groups excluding carboxylic acids is 1. The van der Waals surface area contributed by atoms with Crippen molar-refractivity contribution in [2.75, 3.05) is 19.7 Å². The summed E-state index contributed by atoms with van der Waals surface area (Å²) in [5, 5.41) is 4.19. The Hall–Kier alpha value is -1.06. The van der Waals surface area contributed by atoms with Crippen LogP contribution in [-0.2, 0) is 14.9 Å². The molecule has 1 saturated heterocycles.